The number of carbonyl (C=O) groups is 1. The van der Waals surface area contributed by atoms with Crippen molar-refractivity contribution in [2.24, 2.45) is 4.99 Å². The van der Waals surface area contributed by atoms with E-state index in [9.17, 15) is 14.7 Å². The molecule has 3 aromatic rings. The number of aromatic hydroxyl groups is 1. The SMILES string of the molecule is COc1ccc(Br)cc1[C@H]1C(C(=O)OC(C)C)=C(C)N=c2s/c(=C\c3cc(Br)cc(OC)c3O)c(=O)n21. The lowest BCUT2D eigenvalue weighted by Gasteiger charge is -2.26. The Morgan fingerprint density at radius 3 is 2.49 bits per heavy atom. The van der Waals surface area contributed by atoms with Crippen LogP contribution in [0.3, 0.4) is 0 Å². The number of hydrogen-bond donors (Lipinski definition) is 1. The van der Waals surface area contributed by atoms with Crippen molar-refractivity contribution in [3.63, 3.8) is 0 Å². The number of halogens is 2. The first-order valence-corrected chi connectivity index (χ1v) is 13.6. The summed E-state index contributed by atoms with van der Waals surface area (Å²) in [6.07, 6.45) is 1.21. The van der Waals surface area contributed by atoms with Crippen LogP contribution < -0.4 is 24.4 Å². The molecule has 8 nitrogen and oxygen atoms in total. The van der Waals surface area contributed by atoms with Gasteiger partial charge in [-0.25, -0.2) is 9.79 Å². The summed E-state index contributed by atoms with van der Waals surface area (Å²) in [5.74, 6) is 0.104. The number of hydrogen-bond acceptors (Lipinski definition) is 8. The first kappa shape index (κ1) is 27.2. The molecule has 2 aromatic carbocycles. The van der Waals surface area contributed by atoms with Gasteiger partial charge in [0.15, 0.2) is 16.3 Å². The van der Waals surface area contributed by atoms with Crippen molar-refractivity contribution in [2.75, 3.05) is 14.2 Å². The van der Waals surface area contributed by atoms with E-state index >= 15 is 0 Å². The highest BCUT2D eigenvalue weighted by Gasteiger charge is 2.35. The van der Waals surface area contributed by atoms with E-state index in [1.165, 1.54) is 18.8 Å². The number of allylic oxidation sites excluding steroid dienone is 1. The molecule has 0 spiro atoms. The van der Waals surface area contributed by atoms with Gasteiger partial charge < -0.3 is 19.3 Å². The van der Waals surface area contributed by atoms with Crippen LogP contribution in [0.2, 0.25) is 0 Å². The van der Waals surface area contributed by atoms with E-state index in [-0.39, 0.29) is 28.7 Å². The van der Waals surface area contributed by atoms with Gasteiger partial charge in [-0.3, -0.25) is 9.36 Å². The lowest BCUT2D eigenvalue weighted by molar-refractivity contribution is -0.143. The fourth-order valence-electron chi connectivity index (χ4n) is 4.07. The van der Waals surface area contributed by atoms with Gasteiger partial charge in [0, 0.05) is 20.1 Å². The van der Waals surface area contributed by atoms with E-state index in [4.69, 9.17) is 14.2 Å². The molecule has 37 heavy (non-hydrogen) atoms. The van der Waals surface area contributed by atoms with Gasteiger partial charge in [0.1, 0.15) is 11.8 Å². The first-order chi connectivity index (χ1) is 17.5. The van der Waals surface area contributed by atoms with Crippen LogP contribution in [-0.2, 0) is 9.53 Å². The Bertz CT molecular complexity index is 1610. The van der Waals surface area contributed by atoms with Crippen molar-refractivity contribution in [1.29, 1.82) is 0 Å². The summed E-state index contributed by atoms with van der Waals surface area (Å²) < 4.78 is 19.6. The van der Waals surface area contributed by atoms with E-state index in [1.54, 1.807) is 45.0 Å². The zero-order valence-electron chi connectivity index (χ0n) is 20.7. The molecule has 0 amide bonds. The van der Waals surface area contributed by atoms with E-state index in [2.05, 4.69) is 36.9 Å². The lowest BCUT2D eigenvalue weighted by Crippen LogP contribution is -2.40. The van der Waals surface area contributed by atoms with E-state index < -0.39 is 12.0 Å². The summed E-state index contributed by atoms with van der Waals surface area (Å²) in [6.45, 7) is 5.24. The molecule has 0 fully saturated rings. The van der Waals surface area contributed by atoms with Gasteiger partial charge in [0.2, 0.25) is 0 Å². The van der Waals surface area contributed by atoms with Gasteiger partial charge in [0.05, 0.1) is 36.1 Å². The van der Waals surface area contributed by atoms with E-state index in [0.29, 0.717) is 36.4 Å². The van der Waals surface area contributed by atoms with Crippen molar-refractivity contribution < 1.29 is 24.1 Å². The second-order valence-electron chi connectivity index (χ2n) is 8.47. The predicted octanol–water partition coefficient (Wildman–Crippen LogP) is 4.43. The van der Waals surface area contributed by atoms with Crippen LogP contribution in [0.1, 0.15) is 37.9 Å². The van der Waals surface area contributed by atoms with Gasteiger partial charge >= 0.3 is 5.97 Å². The molecule has 1 N–H and O–H groups in total. The van der Waals surface area contributed by atoms with Crippen LogP contribution in [0.25, 0.3) is 6.08 Å². The van der Waals surface area contributed by atoms with Crippen molar-refractivity contribution in [1.82, 2.24) is 4.57 Å². The molecule has 4 rings (SSSR count). The Morgan fingerprint density at radius 1 is 1.14 bits per heavy atom. The molecule has 1 atom stereocenters. The van der Waals surface area contributed by atoms with E-state index in [1.807, 2.05) is 12.1 Å². The highest BCUT2D eigenvalue weighted by molar-refractivity contribution is 9.10. The summed E-state index contributed by atoms with van der Waals surface area (Å²) in [5.41, 5.74) is 1.30. The minimum Gasteiger partial charge on any atom is -0.504 e. The number of aromatic nitrogens is 1. The molecular weight excluding hydrogens is 628 g/mol. The van der Waals surface area contributed by atoms with Crippen molar-refractivity contribution >= 4 is 55.2 Å². The van der Waals surface area contributed by atoms with E-state index in [0.717, 1.165) is 15.8 Å². The average Bonchev–Trinajstić information content (AvgIpc) is 3.13. The Hall–Kier alpha value is -2.89. The van der Waals surface area contributed by atoms with Crippen molar-refractivity contribution in [3.8, 4) is 17.2 Å². The van der Waals surface area contributed by atoms with Crippen molar-refractivity contribution in [3.05, 3.63) is 81.4 Å². The molecule has 194 valence electrons. The molecule has 0 radical (unpaired) electrons. The number of thiazole rings is 1. The molecule has 0 unspecified atom stereocenters. The smallest absolute Gasteiger partial charge is 0.338 e. The second kappa shape index (κ2) is 10.8. The third kappa shape index (κ3) is 5.25. The molecule has 0 saturated heterocycles. The molecular formula is C26H24Br2N2O6S. The number of fused-ring (bicyclic) bond motifs is 1. The molecule has 1 aliphatic rings. The lowest BCUT2D eigenvalue weighted by atomic mass is 9.95. The Morgan fingerprint density at radius 2 is 1.84 bits per heavy atom. The van der Waals surface area contributed by atoms with Gasteiger partial charge in [-0.1, -0.05) is 43.2 Å². The summed E-state index contributed by atoms with van der Waals surface area (Å²) in [7, 11) is 2.98. The summed E-state index contributed by atoms with van der Waals surface area (Å²) in [4.78, 5) is 32.2. The van der Waals surface area contributed by atoms with Crippen LogP contribution in [0.15, 0.2) is 60.3 Å². The molecule has 2 heterocycles. The number of carbonyl (C=O) groups excluding carboxylic acids is 1. The molecule has 11 heteroatoms. The molecule has 0 aliphatic carbocycles. The monoisotopic (exact) mass is 650 g/mol. The zero-order valence-corrected chi connectivity index (χ0v) is 24.7. The number of nitrogens with zero attached hydrogens (tertiary/aromatic N) is 2. The van der Waals surface area contributed by atoms with Gasteiger partial charge in [-0.2, -0.15) is 0 Å². The minimum absolute atomic E-state index is 0.0980. The Balaban J connectivity index is 2.02. The Labute approximate surface area is 233 Å². The third-order valence-corrected chi connectivity index (χ3v) is 7.58. The fraction of sp³-hybridized carbons (Fsp3) is 0.269. The van der Waals surface area contributed by atoms with Gasteiger partial charge in [-0.05, 0) is 57.2 Å². The maximum absolute atomic E-state index is 13.9. The number of benzene rings is 2. The number of methoxy groups -OCH3 is 2. The maximum atomic E-state index is 13.9. The van der Waals surface area contributed by atoms with Gasteiger partial charge in [-0.15, -0.1) is 0 Å². The summed E-state index contributed by atoms with van der Waals surface area (Å²) in [6, 6.07) is 7.86. The number of ether oxygens (including phenoxy) is 3. The van der Waals surface area contributed by atoms with Crippen molar-refractivity contribution in [2.45, 2.75) is 32.9 Å². The zero-order chi connectivity index (χ0) is 27.0. The Kier molecular flexibility index (Phi) is 7.96. The highest BCUT2D eigenvalue weighted by Crippen LogP contribution is 2.38. The number of esters is 1. The predicted molar refractivity (Wildman–Crippen MR) is 148 cm³/mol. The largest absolute Gasteiger partial charge is 0.504 e. The van der Waals surface area contributed by atoms with Crippen LogP contribution >= 0.6 is 43.2 Å². The molecule has 0 bridgehead atoms. The third-order valence-electron chi connectivity index (χ3n) is 5.65. The molecule has 1 aliphatic heterocycles. The summed E-state index contributed by atoms with van der Waals surface area (Å²) >= 11 is 8.05. The molecule has 1 aromatic heterocycles. The number of phenolic OH excluding ortho intramolecular Hbond substituents is 1. The topological polar surface area (TPSA) is 99.4 Å². The van der Waals surface area contributed by atoms with Crippen LogP contribution in [0, 0.1) is 0 Å². The maximum Gasteiger partial charge on any atom is 0.338 e. The highest BCUT2D eigenvalue weighted by atomic mass is 79.9. The fourth-order valence-corrected chi connectivity index (χ4v) is 5.95. The van der Waals surface area contributed by atoms with Crippen LogP contribution in [-0.4, -0.2) is 36.0 Å². The minimum atomic E-state index is -0.845. The number of phenols is 1. The average molecular weight is 652 g/mol. The van der Waals surface area contributed by atoms with Crippen LogP contribution in [0.5, 0.6) is 17.2 Å². The number of rotatable bonds is 6. The molecule has 0 saturated carbocycles. The second-order valence-corrected chi connectivity index (χ2v) is 11.3. The summed E-state index contributed by atoms with van der Waals surface area (Å²) in [5, 5.41) is 10.6. The normalized spacial score (nSPS) is 15.5. The first-order valence-electron chi connectivity index (χ1n) is 11.2. The standard InChI is InChI=1S/C26H24Br2N2O6S/c1-12(2)36-25(33)21-13(3)29-26-30(22(21)17-10-15(27)6-7-18(17)34-4)24(32)20(37-26)9-14-8-16(28)11-19(35-5)23(14)31/h6-12,22,31H,1-5H3/b20-9-/t22-/m0/s1. The quantitative estimate of drug-likeness (QED) is 0.396. The van der Waals surface area contributed by atoms with Gasteiger partial charge in [0.25, 0.3) is 5.56 Å². The van der Waals surface area contributed by atoms with Crippen LogP contribution in [0.4, 0.5) is 0 Å².